The number of nitrogens with zero attached hydrogens (tertiary/aromatic N) is 1. The minimum absolute atomic E-state index is 0.108. The number of hydrogen-bond donors (Lipinski definition) is 1. The van der Waals surface area contributed by atoms with Crippen molar-refractivity contribution in [3.8, 4) is 23.0 Å². The second kappa shape index (κ2) is 9.62. The summed E-state index contributed by atoms with van der Waals surface area (Å²) in [6, 6.07) is 8.50. The van der Waals surface area contributed by atoms with Crippen molar-refractivity contribution in [2.75, 3.05) is 39.3 Å². The van der Waals surface area contributed by atoms with Gasteiger partial charge in [-0.3, -0.25) is 9.10 Å². The molecule has 178 valence electrons. The quantitative estimate of drug-likeness (QED) is 0.625. The summed E-state index contributed by atoms with van der Waals surface area (Å²) in [7, 11) is 1.94. The van der Waals surface area contributed by atoms with Crippen molar-refractivity contribution in [1.82, 2.24) is 5.32 Å². The Morgan fingerprint density at radius 3 is 2.06 bits per heavy atom. The van der Waals surface area contributed by atoms with E-state index >= 15 is 0 Å². The summed E-state index contributed by atoms with van der Waals surface area (Å²) in [5.74, 6) is 1.22. The van der Waals surface area contributed by atoms with Crippen LogP contribution in [0, 0.1) is 0 Å². The monoisotopic (exact) mass is 476 g/mol. The highest BCUT2D eigenvalue weighted by Crippen LogP contribution is 2.44. The number of carbonyl (C=O) groups is 1. The van der Waals surface area contributed by atoms with Gasteiger partial charge in [0.2, 0.25) is 0 Å². The van der Waals surface area contributed by atoms with Gasteiger partial charge in [0.25, 0.3) is 15.9 Å². The lowest BCUT2D eigenvalue weighted by Gasteiger charge is -2.32. The predicted molar refractivity (Wildman–Crippen MR) is 125 cm³/mol. The Morgan fingerprint density at radius 1 is 0.909 bits per heavy atom. The van der Waals surface area contributed by atoms with Crippen LogP contribution in [0.2, 0.25) is 0 Å². The van der Waals surface area contributed by atoms with Gasteiger partial charge < -0.3 is 24.3 Å². The molecule has 1 aliphatic rings. The summed E-state index contributed by atoms with van der Waals surface area (Å²) in [6.45, 7) is 3.57. The van der Waals surface area contributed by atoms with Gasteiger partial charge in [-0.1, -0.05) is 6.07 Å². The third-order valence-corrected chi connectivity index (χ3v) is 7.50. The Morgan fingerprint density at radius 2 is 1.48 bits per heavy atom. The highest BCUT2D eigenvalue weighted by molar-refractivity contribution is 7.97. The van der Waals surface area contributed by atoms with Crippen LogP contribution in [0.4, 0.5) is 5.69 Å². The van der Waals surface area contributed by atoms with Gasteiger partial charge in [0.15, 0.2) is 27.9 Å². The first-order valence-electron chi connectivity index (χ1n) is 10.2. The molecular weight excluding hydrogens is 448 g/mol. The number of rotatable bonds is 8. The molecule has 2 aromatic rings. The molecule has 0 fully saturated rings. The zero-order valence-corrected chi connectivity index (χ0v) is 20.3. The molecule has 0 saturated carbocycles. The Labute approximate surface area is 193 Å². The van der Waals surface area contributed by atoms with Crippen molar-refractivity contribution in [3.63, 3.8) is 0 Å². The maximum Gasteiger partial charge on any atom is 0.270 e. The standard InChI is InChI=1S/C23H28N2O7S/c1-7-25-17-12-21(32-6)20(31-5)11-16(17)14(2)22(33(25,27)28)23(26)24-13-15-8-9-18(29-3)19(10-15)30-4/h8-12H,7,13H2,1-6H3,(H,24,26). The molecule has 0 aliphatic carbocycles. The summed E-state index contributed by atoms with van der Waals surface area (Å²) in [5, 5.41) is 2.72. The van der Waals surface area contributed by atoms with Gasteiger partial charge in [0, 0.05) is 24.7 Å². The Hall–Kier alpha value is -3.40. The normalized spacial score (nSPS) is 14.4. The first kappa shape index (κ1) is 24.2. The van der Waals surface area contributed by atoms with E-state index in [0.717, 1.165) is 5.56 Å². The molecule has 0 saturated heterocycles. The first-order valence-corrected chi connectivity index (χ1v) is 11.7. The van der Waals surface area contributed by atoms with Crippen LogP contribution in [0.3, 0.4) is 0 Å². The van der Waals surface area contributed by atoms with Gasteiger partial charge >= 0.3 is 0 Å². The fourth-order valence-corrected chi connectivity index (χ4v) is 5.59. The number of methoxy groups -OCH3 is 4. The van der Waals surface area contributed by atoms with Gasteiger partial charge in [-0.15, -0.1) is 0 Å². The van der Waals surface area contributed by atoms with Crippen molar-refractivity contribution < 1.29 is 32.2 Å². The largest absolute Gasteiger partial charge is 0.493 e. The second-order valence-electron chi connectivity index (χ2n) is 7.22. The molecule has 0 aromatic heterocycles. The van der Waals surface area contributed by atoms with E-state index in [1.165, 1.54) is 32.7 Å². The number of nitrogens with one attached hydrogen (secondary N) is 1. The Bertz CT molecular complexity index is 1210. The lowest BCUT2D eigenvalue weighted by atomic mass is 10.0. The van der Waals surface area contributed by atoms with Crippen LogP contribution in [-0.4, -0.2) is 49.3 Å². The average molecular weight is 477 g/mol. The molecule has 0 bridgehead atoms. The molecule has 1 amide bonds. The predicted octanol–water partition coefficient (Wildman–Crippen LogP) is 2.94. The molecule has 1 N–H and O–H groups in total. The average Bonchev–Trinajstić information content (AvgIpc) is 2.81. The number of allylic oxidation sites excluding steroid dienone is 1. The zero-order valence-electron chi connectivity index (χ0n) is 19.5. The summed E-state index contributed by atoms with van der Waals surface area (Å²) >= 11 is 0. The van der Waals surface area contributed by atoms with Gasteiger partial charge in [-0.2, -0.15) is 0 Å². The highest BCUT2D eigenvalue weighted by atomic mass is 32.2. The minimum Gasteiger partial charge on any atom is -0.493 e. The van der Waals surface area contributed by atoms with E-state index in [9.17, 15) is 13.2 Å². The van der Waals surface area contributed by atoms with Crippen molar-refractivity contribution in [2.45, 2.75) is 20.4 Å². The number of hydrogen-bond acceptors (Lipinski definition) is 7. The second-order valence-corrected chi connectivity index (χ2v) is 9.02. The van der Waals surface area contributed by atoms with Crippen LogP contribution >= 0.6 is 0 Å². The summed E-state index contributed by atoms with van der Waals surface area (Å²) in [5.41, 5.74) is 2.08. The minimum atomic E-state index is -4.09. The van der Waals surface area contributed by atoms with Crippen LogP contribution < -0.4 is 28.6 Å². The number of ether oxygens (including phenoxy) is 4. The number of fused-ring (bicyclic) bond motifs is 1. The van der Waals surface area contributed by atoms with Crippen LogP contribution in [0.5, 0.6) is 23.0 Å². The summed E-state index contributed by atoms with van der Waals surface area (Å²) in [6.07, 6.45) is 0. The van der Waals surface area contributed by atoms with Crippen LogP contribution in [-0.2, 0) is 21.4 Å². The molecule has 0 radical (unpaired) electrons. The highest BCUT2D eigenvalue weighted by Gasteiger charge is 2.39. The molecule has 0 atom stereocenters. The summed E-state index contributed by atoms with van der Waals surface area (Å²) < 4.78 is 49.2. The Kier molecular flexibility index (Phi) is 7.06. The van der Waals surface area contributed by atoms with Crippen molar-refractivity contribution in [3.05, 3.63) is 46.4 Å². The number of benzene rings is 2. The van der Waals surface area contributed by atoms with Crippen molar-refractivity contribution >= 4 is 27.2 Å². The number of carbonyl (C=O) groups excluding carboxylic acids is 1. The first-order chi connectivity index (χ1) is 15.7. The van der Waals surface area contributed by atoms with E-state index < -0.39 is 15.9 Å². The lowest BCUT2D eigenvalue weighted by molar-refractivity contribution is -0.117. The van der Waals surface area contributed by atoms with Crippen molar-refractivity contribution in [2.24, 2.45) is 0 Å². The van der Waals surface area contributed by atoms with E-state index in [1.807, 2.05) is 0 Å². The van der Waals surface area contributed by atoms with Gasteiger partial charge in [-0.25, -0.2) is 8.42 Å². The number of sulfonamides is 1. The molecule has 1 aliphatic heterocycles. The van der Waals surface area contributed by atoms with E-state index in [2.05, 4.69) is 5.32 Å². The van der Waals surface area contributed by atoms with Crippen LogP contribution in [0.25, 0.3) is 5.57 Å². The molecule has 3 rings (SSSR count). The molecule has 2 aromatic carbocycles. The smallest absolute Gasteiger partial charge is 0.270 e. The molecule has 0 unspecified atom stereocenters. The fraction of sp³-hybridized carbons (Fsp3) is 0.348. The van der Waals surface area contributed by atoms with Gasteiger partial charge in [0.05, 0.1) is 34.1 Å². The molecule has 9 nitrogen and oxygen atoms in total. The number of anilines is 1. The molecule has 10 heteroatoms. The lowest BCUT2D eigenvalue weighted by Crippen LogP contribution is -2.41. The third kappa shape index (κ3) is 4.30. The van der Waals surface area contributed by atoms with Gasteiger partial charge in [0.1, 0.15) is 0 Å². The van der Waals surface area contributed by atoms with Gasteiger partial charge in [-0.05, 0) is 43.2 Å². The van der Waals surface area contributed by atoms with Crippen LogP contribution in [0.15, 0.2) is 35.2 Å². The Balaban J connectivity index is 2.01. The SMILES string of the molecule is CCN1c2cc(OC)c(OC)cc2C(C)=C(C(=O)NCc2ccc(OC)c(OC)c2)S1(=O)=O. The zero-order chi connectivity index (χ0) is 24.3. The van der Waals surface area contributed by atoms with E-state index in [1.54, 1.807) is 44.2 Å². The van der Waals surface area contributed by atoms with Crippen molar-refractivity contribution in [1.29, 1.82) is 0 Å². The molecule has 1 heterocycles. The van der Waals surface area contributed by atoms with E-state index in [0.29, 0.717) is 39.8 Å². The third-order valence-electron chi connectivity index (χ3n) is 5.46. The van der Waals surface area contributed by atoms with Crippen LogP contribution in [0.1, 0.15) is 25.0 Å². The summed E-state index contributed by atoms with van der Waals surface area (Å²) in [4.78, 5) is 12.8. The van der Waals surface area contributed by atoms with E-state index in [4.69, 9.17) is 18.9 Å². The molecule has 33 heavy (non-hydrogen) atoms. The number of amides is 1. The molecule has 0 spiro atoms. The fourth-order valence-electron chi connectivity index (χ4n) is 3.81. The van der Waals surface area contributed by atoms with E-state index in [-0.39, 0.29) is 18.0 Å². The molecular formula is C23H28N2O7S. The maximum atomic E-state index is 13.4. The topological polar surface area (TPSA) is 103 Å². The maximum absolute atomic E-state index is 13.4.